The third-order valence-corrected chi connectivity index (χ3v) is 5.87. The van der Waals surface area contributed by atoms with Gasteiger partial charge in [0.05, 0.1) is 0 Å². The van der Waals surface area contributed by atoms with E-state index in [0.717, 1.165) is 36.6 Å². The van der Waals surface area contributed by atoms with Crippen LogP contribution in [-0.2, 0) is 6.42 Å². The number of hydrogen-bond acceptors (Lipinski definition) is 3. The van der Waals surface area contributed by atoms with Crippen LogP contribution in [0.5, 0.6) is 0 Å². The molecule has 1 amide bonds. The Morgan fingerprint density at radius 3 is 2.43 bits per heavy atom. The van der Waals surface area contributed by atoms with Crippen LogP contribution in [0, 0.1) is 5.92 Å². The van der Waals surface area contributed by atoms with Crippen LogP contribution in [0.2, 0.25) is 0 Å². The van der Waals surface area contributed by atoms with Gasteiger partial charge in [0.2, 0.25) is 0 Å². The van der Waals surface area contributed by atoms with E-state index in [-0.39, 0.29) is 5.91 Å². The average Bonchev–Trinajstić information content (AvgIpc) is 3.01. The second-order valence-corrected chi connectivity index (χ2v) is 8.79. The van der Waals surface area contributed by atoms with Gasteiger partial charge in [0, 0.05) is 45.8 Å². The van der Waals surface area contributed by atoms with E-state index in [1.54, 1.807) is 19.0 Å². The van der Waals surface area contributed by atoms with Gasteiger partial charge in [-0.05, 0) is 56.0 Å². The van der Waals surface area contributed by atoms with Crippen LogP contribution in [-0.4, -0.2) is 75.0 Å². The highest BCUT2D eigenvalue weighted by molar-refractivity contribution is 5.94. The van der Waals surface area contributed by atoms with Crippen molar-refractivity contribution in [3.05, 3.63) is 35.4 Å². The zero-order chi connectivity index (χ0) is 21.9. The van der Waals surface area contributed by atoms with Gasteiger partial charge in [0.25, 0.3) is 5.91 Å². The van der Waals surface area contributed by atoms with Crippen molar-refractivity contribution in [3.8, 4) is 0 Å². The normalized spacial score (nSPS) is 16.8. The number of rotatable bonds is 8. The summed E-state index contributed by atoms with van der Waals surface area (Å²) in [4.78, 5) is 20.8. The van der Waals surface area contributed by atoms with Crippen LogP contribution in [0.3, 0.4) is 0 Å². The number of hydrogen-bond donors (Lipinski definition) is 2. The molecule has 1 fully saturated rings. The smallest absolute Gasteiger partial charge is 0.253 e. The highest BCUT2D eigenvalue weighted by atomic mass is 16.2. The number of carbonyl (C=O) groups excluding carboxylic acids is 1. The molecular formula is C24H41N5O. The van der Waals surface area contributed by atoms with Crippen molar-refractivity contribution in [2.75, 3.05) is 47.3 Å². The molecule has 1 aromatic carbocycles. The van der Waals surface area contributed by atoms with Gasteiger partial charge < -0.3 is 15.5 Å². The van der Waals surface area contributed by atoms with E-state index < -0.39 is 0 Å². The largest absolute Gasteiger partial charge is 0.356 e. The molecular weight excluding hydrogens is 374 g/mol. The molecule has 1 heterocycles. The Balaban J connectivity index is 1.84. The average molecular weight is 416 g/mol. The van der Waals surface area contributed by atoms with E-state index in [4.69, 9.17) is 0 Å². The number of nitrogens with one attached hydrogen (secondary N) is 2. The quantitative estimate of drug-likeness (QED) is 0.506. The number of guanidine groups is 1. The highest BCUT2D eigenvalue weighted by Crippen LogP contribution is 2.17. The van der Waals surface area contributed by atoms with Gasteiger partial charge in [-0.15, -0.1) is 0 Å². The molecule has 0 radical (unpaired) electrons. The lowest BCUT2D eigenvalue weighted by molar-refractivity contribution is 0.0827. The van der Waals surface area contributed by atoms with Crippen molar-refractivity contribution >= 4 is 11.9 Å². The molecule has 6 heteroatoms. The van der Waals surface area contributed by atoms with Gasteiger partial charge in [0.1, 0.15) is 0 Å². The van der Waals surface area contributed by atoms with E-state index in [9.17, 15) is 4.79 Å². The van der Waals surface area contributed by atoms with Gasteiger partial charge in [-0.2, -0.15) is 0 Å². The predicted molar refractivity (Wildman–Crippen MR) is 126 cm³/mol. The first kappa shape index (κ1) is 24.2. The van der Waals surface area contributed by atoms with E-state index in [0.29, 0.717) is 12.0 Å². The Kier molecular flexibility index (Phi) is 10.1. The molecule has 1 aliphatic rings. The van der Waals surface area contributed by atoms with Crippen LogP contribution in [0.15, 0.2) is 29.3 Å². The molecule has 0 aliphatic carbocycles. The fraction of sp³-hybridized carbons (Fsp3) is 0.667. The third kappa shape index (κ3) is 7.63. The van der Waals surface area contributed by atoms with Crippen LogP contribution in [0.25, 0.3) is 0 Å². The monoisotopic (exact) mass is 415 g/mol. The van der Waals surface area contributed by atoms with Gasteiger partial charge in [-0.3, -0.25) is 14.7 Å². The first-order valence-corrected chi connectivity index (χ1v) is 11.4. The lowest BCUT2D eigenvalue weighted by Crippen LogP contribution is -2.50. The molecule has 1 aromatic rings. The van der Waals surface area contributed by atoms with Crippen LogP contribution >= 0.6 is 0 Å². The van der Waals surface area contributed by atoms with E-state index in [1.165, 1.54) is 38.8 Å². The summed E-state index contributed by atoms with van der Waals surface area (Å²) in [5.74, 6) is 1.48. The lowest BCUT2D eigenvalue weighted by atomic mass is 10.0. The molecule has 0 aromatic heterocycles. The molecule has 1 aliphatic heterocycles. The second kappa shape index (κ2) is 12.6. The maximum absolute atomic E-state index is 12.2. The Morgan fingerprint density at radius 2 is 1.83 bits per heavy atom. The summed E-state index contributed by atoms with van der Waals surface area (Å²) in [5, 5.41) is 6.96. The zero-order valence-corrected chi connectivity index (χ0v) is 19.6. The summed E-state index contributed by atoms with van der Waals surface area (Å²) in [6.45, 7) is 8.72. The summed E-state index contributed by atoms with van der Waals surface area (Å²) in [5.41, 5.74) is 1.88. The Hall–Kier alpha value is -2.08. The van der Waals surface area contributed by atoms with Crippen molar-refractivity contribution in [2.45, 2.75) is 52.0 Å². The zero-order valence-electron chi connectivity index (χ0n) is 19.6. The molecule has 6 nitrogen and oxygen atoms in total. The van der Waals surface area contributed by atoms with Crippen LogP contribution < -0.4 is 10.6 Å². The summed E-state index contributed by atoms with van der Waals surface area (Å²) < 4.78 is 0. The number of likely N-dealkylation sites (tertiary alicyclic amines) is 1. The van der Waals surface area contributed by atoms with Gasteiger partial charge in [-0.25, -0.2) is 0 Å². The predicted octanol–water partition coefficient (Wildman–Crippen LogP) is 3.00. The highest BCUT2D eigenvalue weighted by Gasteiger charge is 2.22. The minimum atomic E-state index is 0.0375. The minimum absolute atomic E-state index is 0.0375. The standard InChI is InChI=1S/C24H41N5O/c1-19(2)22(29-15-8-6-7-9-16-29)18-27-24(25-3)26-14-13-20-11-10-12-21(17-20)23(30)28(4)5/h10-12,17,19,22H,6-9,13-16,18H2,1-5H3,(H2,25,26,27). The maximum Gasteiger partial charge on any atom is 0.253 e. The van der Waals surface area contributed by atoms with Crippen LogP contribution in [0.4, 0.5) is 0 Å². The summed E-state index contributed by atoms with van der Waals surface area (Å²) in [7, 11) is 5.38. The minimum Gasteiger partial charge on any atom is -0.356 e. The fourth-order valence-corrected chi connectivity index (χ4v) is 4.08. The molecule has 0 spiro atoms. The van der Waals surface area contributed by atoms with Gasteiger partial charge in [-0.1, -0.05) is 38.8 Å². The number of carbonyl (C=O) groups is 1. The molecule has 2 rings (SSSR count). The Morgan fingerprint density at radius 1 is 1.13 bits per heavy atom. The molecule has 0 saturated carbocycles. The molecule has 2 N–H and O–H groups in total. The number of amides is 1. The molecule has 168 valence electrons. The Labute approximate surface area is 183 Å². The van der Waals surface area contributed by atoms with Gasteiger partial charge in [0.15, 0.2) is 5.96 Å². The molecule has 30 heavy (non-hydrogen) atoms. The van der Waals surface area contributed by atoms with E-state index in [2.05, 4.69) is 40.4 Å². The summed E-state index contributed by atoms with van der Waals surface area (Å²) in [6, 6.07) is 8.39. The third-order valence-electron chi connectivity index (χ3n) is 5.87. The molecule has 0 bridgehead atoms. The van der Waals surface area contributed by atoms with Crippen LogP contribution in [0.1, 0.15) is 55.5 Å². The lowest BCUT2D eigenvalue weighted by Gasteiger charge is -2.34. The van der Waals surface area contributed by atoms with Gasteiger partial charge >= 0.3 is 0 Å². The van der Waals surface area contributed by atoms with Crippen molar-refractivity contribution in [3.63, 3.8) is 0 Å². The van der Waals surface area contributed by atoms with E-state index >= 15 is 0 Å². The van der Waals surface area contributed by atoms with Crippen molar-refractivity contribution in [2.24, 2.45) is 10.9 Å². The Bertz CT molecular complexity index is 678. The first-order chi connectivity index (χ1) is 14.4. The molecule has 1 saturated heterocycles. The maximum atomic E-state index is 12.2. The number of nitrogens with zero attached hydrogens (tertiary/aromatic N) is 3. The SMILES string of the molecule is CN=C(NCCc1cccc(C(=O)N(C)C)c1)NCC(C(C)C)N1CCCCCC1. The molecule has 1 atom stereocenters. The molecule has 1 unspecified atom stereocenters. The topological polar surface area (TPSA) is 60.0 Å². The van der Waals surface area contributed by atoms with Crippen molar-refractivity contribution < 1.29 is 4.79 Å². The first-order valence-electron chi connectivity index (χ1n) is 11.4. The number of aliphatic imine (C=N–C) groups is 1. The fourth-order valence-electron chi connectivity index (χ4n) is 4.08. The summed E-state index contributed by atoms with van der Waals surface area (Å²) in [6.07, 6.45) is 6.19. The van der Waals surface area contributed by atoms with Crippen molar-refractivity contribution in [1.82, 2.24) is 20.4 Å². The van der Waals surface area contributed by atoms with E-state index in [1.807, 2.05) is 25.2 Å². The second-order valence-electron chi connectivity index (χ2n) is 8.79. The number of benzene rings is 1. The van der Waals surface area contributed by atoms with Crippen molar-refractivity contribution in [1.29, 1.82) is 0 Å². The summed E-state index contributed by atoms with van der Waals surface area (Å²) >= 11 is 0.